The fourth-order valence-electron chi connectivity index (χ4n) is 1.59. The lowest BCUT2D eigenvalue weighted by molar-refractivity contribution is 0.396. The summed E-state index contributed by atoms with van der Waals surface area (Å²) in [6.07, 6.45) is 9.39. The fraction of sp³-hybridized carbons (Fsp3) is 0.923. The summed E-state index contributed by atoms with van der Waals surface area (Å²) >= 11 is 0. The molecule has 0 bridgehead atoms. The Balaban J connectivity index is 3.24. The highest BCUT2D eigenvalue weighted by Gasteiger charge is 2.04. The zero-order valence-corrected chi connectivity index (χ0v) is 9.81. The third kappa shape index (κ3) is 8.33. The van der Waals surface area contributed by atoms with Crippen molar-refractivity contribution in [1.82, 2.24) is 0 Å². The molecule has 0 aromatic carbocycles. The summed E-state index contributed by atoms with van der Waals surface area (Å²) in [7, 11) is 0. The normalized spacial score (nSPS) is 15.7. The van der Waals surface area contributed by atoms with Gasteiger partial charge in [-0.25, -0.2) is 0 Å². The van der Waals surface area contributed by atoms with Crippen LogP contribution in [-0.2, 0) is 0 Å². The SMILES string of the molecule is [CH2]CCCCC(C)CCC(C)CC. The van der Waals surface area contributed by atoms with Gasteiger partial charge in [-0.3, -0.25) is 0 Å². The summed E-state index contributed by atoms with van der Waals surface area (Å²) in [6, 6.07) is 0. The zero-order chi connectivity index (χ0) is 10.1. The molecule has 0 aromatic rings. The molecule has 0 heteroatoms. The molecule has 0 aromatic heterocycles. The molecule has 0 aliphatic rings. The van der Waals surface area contributed by atoms with Crippen LogP contribution >= 0.6 is 0 Å². The predicted molar refractivity (Wildman–Crippen MR) is 61.7 cm³/mol. The monoisotopic (exact) mass is 183 g/mol. The molecule has 13 heavy (non-hydrogen) atoms. The van der Waals surface area contributed by atoms with Gasteiger partial charge in [0.25, 0.3) is 0 Å². The second-order valence-corrected chi connectivity index (χ2v) is 4.55. The molecular formula is C13H27. The van der Waals surface area contributed by atoms with Crippen molar-refractivity contribution in [2.75, 3.05) is 0 Å². The van der Waals surface area contributed by atoms with Crippen LogP contribution in [0.2, 0.25) is 0 Å². The highest BCUT2D eigenvalue weighted by atomic mass is 14.1. The molecule has 0 N–H and O–H groups in total. The van der Waals surface area contributed by atoms with Crippen LogP contribution in [0.25, 0.3) is 0 Å². The Hall–Kier alpha value is 0. The van der Waals surface area contributed by atoms with Crippen molar-refractivity contribution in [2.24, 2.45) is 11.8 Å². The lowest BCUT2D eigenvalue weighted by atomic mass is 9.93. The Morgan fingerprint density at radius 2 is 1.54 bits per heavy atom. The van der Waals surface area contributed by atoms with Crippen molar-refractivity contribution in [3.05, 3.63) is 6.92 Å². The first kappa shape index (κ1) is 13.0. The first-order valence-electron chi connectivity index (χ1n) is 5.99. The predicted octanol–water partition coefficient (Wildman–Crippen LogP) is 4.84. The topological polar surface area (TPSA) is 0 Å². The maximum Gasteiger partial charge on any atom is -0.0443 e. The molecule has 0 nitrogen and oxygen atoms in total. The minimum Gasteiger partial charge on any atom is -0.0651 e. The van der Waals surface area contributed by atoms with Gasteiger partial charge < -0.3 is 0 Å². The van der Waals surface area contributed by atoms with E-state index in [1.54, 1.807) is 0 Å². The Bertz CT molecular complexity index is 96.2. The first-order valence-corrected chi connectivity index (χ1v) is 5.99. The van der Waals surface area contributed by atoms with Crippen molar-refractivity contribution in [2.45, 2.75) is 65.7 Å². The average Bonchev–Trinajstić information content (AvgIpc) is 2.14. The van der Waals surface area contributed by atoms with E-state index in [4.69, 9.17) is 0 Å². The summed E-state index contributed by atoms with van der Waals surface area (Å²) in [6.45, 7) is 10.9. The molecule has 0 saturated heterocycles. The second kappa shape index (κ2) is 8.59. The molecule has 0 amide bonds. The molecule has 0 rings (SSSR count). The van der Waals surface area contributed by atoms with Crippen LogP contribution in [0.5, 0.6) is 0 Å². The van der Waals surface area contributed by atoms with Crippen LogP contribution < -0.4 is 0 Å². The van der Waals surface area contributed by atoms with Crippen LogP contribution in [-0.4, -0.2) is 0 Å². The molecule has 0 fully saturated rings. The molecule has 2 unspecified atom stereocenters. The van der Waals surface area contributed by atoms with E-state index in [-0.39, 0.29) is 0 Å². The molecule has 1 radical (unpaired) electrons. The van der Waals surface area contributed by atoms with E-state index in [1.165, 1.54) is 38.5 Å². The maximum atomic E-state index is 3.87. The van der Waals surface area contributed by atoms with Crippen molar-refractivity contribution < 1.29 is 0 Å². The van der Waals surface area contributed by atoms with Gasteiger partial charge in [0, 0.05) is 0 Å². The van der Waals surface area contributed by atoms with E-state index < -0.39 is 0 Å². The van der Waals surface area contributed by atoms with Gasteiger partial charge in [-0.05, 0) is 11.8 Å². The molecule has 0 saturated carbocycles. The van der Waals surface area contributed by atoms with E-state index in [0.717, 1.165) is 18.3 Å². The Morgan fingerprint density at radius 3 is 2.08 bits per heavy atom. The van der Waals surface area contributed by atoms with E-state index >= 15 is 0 Å². The Morgan fingerprint density at radius 1 is 0.923 bits per heavy atom. The van der Waals surface area contributed by atoms with Crippen molar-refractivity contribution in [1.29, 1.82) is 0 Å². The van der Waals surface area contributed by atoms with E-state index in [0.29, 0.717) is 0 Å². The van der Waals surface area contributed by atoms with Crippen molar-refractivity contribution in [3.63, 3.8) is 0 Å². The lowest BCUT2D eigenvalue weighted by Crippen LogP contribution is -1.99. The summed E-state index contributed by atoms with van der Waals surface area (Å²) in [4.78, 5) is 0. The van der Waals surface area contributed by atoms with Gasteiger partial charge in [-0.15, -0.1) is 0 Å². The quantitative estimate of drug-likeness (QED) is 0.472. The van der Waals surface area contributed by atoms with Gasteiger partial charge in [0.05, 0.1) is 0 Å². The van der Waals surface area contributed by atoms with E-state index in [2.05, 4.69) is 27.7 Å². The van der Waals surface area contributed by atoms with Crippen LogP contribution in [0, 0.1) is 18.8 Å². The summed E-state index contributed by atoms with van der Waals surface area (Å²) in [5, 5.41) is 0. The number of unbranched alkanes of at least 4 members (excludes halogenated alkanes) is 2. The third-order valence-corrected chi connectivity index (χ3v) is 3.05. The van der Waals surface area contributed by atoms with Gasteiger partial charge in [-0.1, -0.05) is 72.6 Å². The largest absolute Gasteiger partial charge is 0.0651 e. The lowest BCUT2D eigenvalue weighted by Gasteiger charge is -2.13. The van der Waals surface area contributed by atoms with Gasteiger partial charge >= 0.3 is 0 Å². The molecule has 0 aliphatic carbocycles. The fourth-order valence-corrected chi connectivity index (χ4v) is 1.59. The molecule has 0 spiro atoms. The van der Waals surface area contributed by atoms with Crippen LogP contribution in [0.3, 0.4) is 0 Å². The van der Waals surface area contributed by atoms with Crippen LogP contribution in [0.15, 0.2) is 0 Å². The van der Waals surface area contributed by atoms with E-state index in [9.17, 15) is 0 Å². The molecule has 0 heterocycles. The highest BCUT2D eigenvalue weighted by molar-refractivity contribution is 4.58. The number of hydrogen-bond acceptors (Lipinski definition) is 0. The Kier molecular flexibility index (Phi) is 8.59. The Labute approximate surface area is 85.1 Å². The number of rotatable bonds is 8. The van der Waals surface area contributed by atoms with Gasteiger partial charge in [0.15, 0.2) is 0 Å². The summed E-state index contributed by atoms with van der Waals surface area (Å²) in [5.74, 6) is 1.86. The third-order valence-electron chi connectivity index (χ3n) is 3.05. The maximum absolute atomic E-state index is 3.87. The van der Waals surface area contributed by atoms with Crippen molar-refractivity contribution >= 4 is 0 Å². The minimum atomic E-state index is 0.926. The van der Waals surface area contributed by atoms with E-state index in [1.807, 2.05) is 0 Å². The van der Waals surface area contributed by atoms with Gasteiger partial charge in [0.1, 0.15) is 0 Å². The number of hydrogen-bond donors (Lipinski definition) is 0. The average molecular weight is 183 g/mol. The molecular weight excluding hydrogens is 156 g/mol. The standard InChI is InChI=1S/C13H27/c1-5-7-8-9-13(4)11-10-12(3)6-2/h12-13H,1,5-11H2,2-4H3. The van der Waals surface area contributed by atoms with Gasteiger partial charge in [-0.2, -0.15) is 0 Å². The second-order valence-electron chi connectivity index (χ2n) is 4.55. The highest BCUT2D eigenvalue weighted by Crippen LogP contribution is 2.19. The summed E-state index contributed by atoms with van der Waals surface area (Å²) in [5.41, 5.74) is 0. The molecule has 79 valence electrons. The van der Waals surface area contributed by atoms with Crippen LogP contribution in [0.4, 0.5) is 0 Å². The zero-order valence-electron chi connectivity index (χ0n) is 9.81. The first-order chi connectivity index (χ1) is 6.20. The smallest absolute Gasteiger partial charge is 0.0443 e. The summed E-state index contributed by atoms with van der Waals surface area (Å²) < 4.78 is 0. The molecule has 2 atom stereocenters. The molecule has 0 aliphatic heterocycles. The minimum absolute atomic E-state index is 0.926. The van der Waals surface area contributed by atoms with Crippen LogP contribution in [0.1, 0.15) is 65.7 Å². The van der Waals surface area contributed by atoms with Crippen molar-refractivity contribution in [3.8, 4) is 0 Å². The van der Waals surface area contributed by atoms with Gasteiger partial charge in [0.2, 0.25) is 0 Å².